The van der Waals surface area contributed by atoms with Gasteiger partial charge in [-0.3, -0.25) is 11.3 Å². The molecule has 11 heavy (non-hydrogen) atoms. The second-order valence-electron chi connectivity index (χ2n) is 2.86. The molecule has 0 aromatic carbocycles. The third-order valence-corrected chi connectivity index (χ3v) is 2.09. The molecule has 0 bridgehead atoms. The largest absolute Gasteiger partial charge is 0.271 e. The van der Waals surface area contributed by atoms with E-state index < -0.39 is 0 Å². The Bertz CT molecular complexity index is 72.8. The Balaban J connectivity index is 0. The quantitative estimate of drug-likeness (QED) is 0.387. The van der Waals surface area contributed by atoms with Crippen LogP contribution in [0.5, 0.6) is 0 Å². The molecule has 70 valence electrons. The van der Waals surface area contributed by atoms with Gasteiger partial charge in [-0.05, 0) is 12.8 Å². The van der Waals surface area contributed by atoms with Gasteiger partial charge in [-0.2, -0.15) is 0 Å². The van der Waals surface area contributed by atoms with Crippen LogP contribution in [0.25, 0.3) is 0 Å². The van der Waals surface area contributed by atoms with Crippen molar-refractivity contribution in [2.75, 3.05) is 0 Å². The minimum atomic E-state index is 0. The van der Waals surface area contributed by atoms with E-state index in [1.54, 1.807) is 0 Å². The maximum Gasteiger partial charge on any atom is 0.0210 e. The Labute approximate surface area is 81.1 Å². The molecule has 0 aliphatic heterocycles. The molecule has 2 nitrogen and oxygen atoms in total. The summed E-state index contributed by atoms with van der Waals surface area (Å²) in [6.07, 6.45) is 8.06. The molecule has 0 unspecified atom stereocenters. The van der Waals surface area contributed by atoms with Crippen molar-refractivity contribution in [2.45, 2.75) is 44.6 Å². The highest BCUT2D eigenvalue weighted by atomic mass is 35.5. The zero-order chi connectivity index (χ0) is 6.53. The average Bonchev–Trinajstić information content (AvgIpc) is 2.13. The first-order chi connectivity index (χ1) is 4.43. The van der Waals surface area contributed by atoms with Gasteiger partial charge in [0, 0.05) is 6.04 Å². The highest BCUT2D eigenvalue weighted by Gasteiger charge is 2.08. The van der Waals surface area contributed by atoms with Gasteiger partial charge in [-0.1, -0.05) is 25.7 Å². The molecule has 1 saturated carbocycles. The Kier molecular flexibility index (Phi) is 11.0. The Morgan fingerprint density at radius 3 is 1.73 bits per heavy atom. The van der Waals surface area contributed by atoms with E-state index in [1.807, 2.05) is 0 Å². The first-order valence-corrected chi connectivity index (χ1v) is 3.89. The second-order valence-corrected chi connectivity index (χ2v) is 2.86. The minimum Gasteiger partial charge on any atom is -0.271 e. The smallest absolute Gasteiger partial charge is 0.0210 e. The molecule has 1 aliphatic carbocycles. The Morgan fingerprint density at radius 1 is 0.909 bits per heavy atom. The van der Waals surface area contributed by atoms with E-state index in [-0.39, 0.29) is 24.8 Å². The highest BCUT2D eigenvalue weighted by molar-refractivity contribution is 5.85. The maximum absolute atomic E-state index is 5.32. The molecule has 1 aliphatic rings. The molecule has 3 N–H and O–H groups in total. The Morgan fingerprint density at radius 2 is 1.36 bits per heavy atom. The van der Waals surface area contributed by atoms with Crippen LogP contribution in [0.1, 0.15) is 38.5 Å². The summed E-state index contributed by atoms with van der Waals surface area (Å²) in [6.45, 7) is 0. The fourth-order valence-corrected chi connectivity index (χ4v) is 1.45. The van der Waals surface area contributed by atoms with Crippen LogP contribution < -0.4 is 11.3 Å². The zero-order valence-electron chi connectivity index (χ0n) is 6.71. The molecule has 0 aromatic heterocycles. The van der Waals surface area contributed by atoms with Crippen LogP contribution in [0.15, 0.2) is 0 Å². The van der Waals surface area contributed by atoms with Gasteiger partial charge in [0.2, 0.25) is 0 Å². The second kappa shape index (κ2) is 8.60. The van der Waals surface area contributed by atoms with E-state index in [0.717, 1.165) is 0 Å². The first-order valence-electron chi connectivity index (χ1n) is 3.89. The lowest BCUT2D eigenvalue weighted by atomic mass is 10.1. The molecular weight excluding hydrogens is 183 g/mol. The number of hydrazine groups is 1. The molecule has 0 radical (unpaired) electrons. The average molecular weight is 201 g/mol. The monoisotopic (exact) mass is 200 g/mol. The van der Waals surface area contributed by atoms with E-state index in [2.05, 4.69) is 5.43 Å². The van der Waals surface area contributed by atoms with Gasteiger partial charge in [-0.25, -0.2) is 0 Å². The van der Waals surface area contributed by atoms with E-state index in [0.29, 0.717) is 6.04 Å². The lowest BCUT2D eigenvalue weighted by Gasteiger charge is -2.10. The summed E-state index contributed by atoms with van der Waals surface area (Å²) in [7, 11) is 0. The summed E-state index contributed by atoms with van der Waals surface area (Å²) in [5.41, 5.74) is 2.84. The van der Waals surface area contributed by atoms with Crippen LogP contribution in [-0.4, -0.2) is 6.04 Å². The zero-order valence-corrected chi connectivity index (χ0v) is 8.35. The van der Waals surface area contributed by atoms with Crippen molar-refractivity contribution in [3.8, 4) is 0 Å². The molecule has 0 atom stereocenters. The number of nitrogens with two attached hydrogens (primary N) is 1. The van der Waals surface area contributed by atoms with E-state index >= 15 is 0 Å². The fraction of sp³-hybridized carbons (Fsp3) is 1.00. The maximum atomic E-state index is 5.32. The predicted molar refractivity (Wildman–Crippen MR) is 53.3 cm³/mol. The number of hydrogen-bond donors (Lipinski definition) is 2. The molecule has 1 rings (SSSR count). The van der Waals surface area contributed by atoms with Crippen LogP contribution in [0.2, 0.25) is 0 Å². The van der Waals surface area contributed by atoms with E-state index in [9.17, 15) is 0 Å². The van der Waals surface area contributed by atoms with Crippen molar-refractivity contribution >= 4 is 24.8 Å². The van der Waals surface area contributed by atoms with Gasteiger partial charge in [-0.15, -0.1) is 24.8 Å². The lowest BCUT2D eigenvalue weighted by Crippen LogP contribution is -2.34. The lowest BCUT2D eigenvalue weighted by molar-refractivity contribution is 0.472. The summed E-state index contributed by atoms with van der Waals surface area (Å²) in [5.74, 6) is 5.32. The molecule has 0 aromatic rings. The van der Waals surface area contributed by atoms with Crippen molar-refractivity contribution in [1.29, 1.82) is 0 Å². The van der Waals surface area contributed by atoms with Crippen molar-refractivity contribution < 1.29 is 0 Å². The van der Waals surface area contributed by atoms with Gasteiger partial charge in [0.05, 0.1) is 0 Å². The third-order valence-electron chi connectivity index (χ3n) is 2.09. The molecule has 0 saturated heterocycles. The van der Waals surface area contributed by atoms with Crippen molar-refractivity contribution in [2.24, 2.45) is 5.84 Å². The van der Waals surface area contributed by atoms with Gasteiger partial charge in [0.1, 0.15) is 0 Å². The van der Waals surface area contributed by atoms with Crippen LogP contribution in [0.3, 0.4) is 0 Å². The number of rotatable bonds is 1. The predicted octanol–water partition coefficient (Wildman–Crippen LogP) is 2.02. The number of halogens is 2. The van der Waals surface area contributed by atoms with E-state index in [1.165, 1.54) is 38.5 Å². The Hall–Kier alpha value is 0.500. The number of nitrogens with one attached hydrogen (secondary N) is 1. The first kappa shape index (κ1) is 14.0. The van der Waals surface area contributed by atoms with Crippen LogP contribution >= 0.6 is 24.8 Å². The normalized spacial score (nSPS) is 19.4. The highest BCUT2D eigenvalue weighted by Crippen LogP contribution is 2.16. The molecular formula is C7H18Cl2N2. The topological polar surface area (TPSA) is 38.0 Å². The molecule has 1 fully saturated rings. The summed E-state index contributed by atoms with van der Waals surface area (Å²) in [6, 6.07) is 0.604. The summed E-state index contributed by atoms with van der Waals surface area (Å²) in [5, 5.41) is 0. The van der Waals surface area contributed by atoms with Gasteiger partial charge < -0.3 is 0 Å². The standard InChI is InChI=1S/C7H16N2.2ClH/c8-9-7-5-3-1-2-4-6-7;;/h7,9H,1-6,8H2;2*1H. The van der Waals surface area contributed by atoms with Crippen LogP contribution in [-0.2, 0) is 0 Å². The summed E-state index contributed by atoms with van der Waals surface area (Å²) in [4.78, 5) is 0. The third kappa shape index (κ3) is 5.74. The van der Waals surface area contributed by atoms with Crippen molar-refractivity contribution in [1.82, 2.24) is 5.43 Å². The minimum absolute atomic E-state index is 0. The van der Waals surface area contributed by atoms with E-state index in [4.69, 9.17) is 5.84 Å². The van der Waals surface area contributed by atoms with Crippen LogP contribution in [0.4, 0.5) is 0 Å². The van der Waals surface area contributed by atoms with Gasteiger partial charge >= 0.3 is 0 Å². The number of hydrogen-bond acceptors (Lipinski definition) is 2. The fourth-order valence-electron chi connectivity index (χ4n) is 1.45. The summed E-state index contributed by atoms with van der Waals surface area (Å²) >= 11 is 0. The molecule has 0 spiro atoms. The molecule has 0 heterocycles. The van der Waals surface area contributed by atoms with Gasteiger partial charge in [0.15, 0.2) is 0 Å². The van der Waals surface area contributed by atoms with Crippen LogP contribution in [0, 0.1) is 0 Å². The van der Waals surface area contributed by atoms with Gasteiger partial charge in [0.25, 0.3) is 0 Å². The molecule has 0 amide bonds. The SMILES string of the molecule is Cl.Cl.NNC1CCCCCC1. The van der Waals surface area contributed by atoms with Crippen molar-refractivity contribution in [3.05, 3.63) is 0 Å². The molecule has 4 heteroatoms. The summed E-state index contributed by atoms with van der Waals surface area (Å²) < 4.78 is 0. The van der Waals surface area contributed by atoms with Crippen molar-refractivity contribution in [3.63, 3.8) is 0 Å².